The number of carbonyl (C=O) groups excluding carboxylic acids is 1. The van der Waals surface area contributed by atoms with Gasteiger partial charge in [0.1, 0.15) is 23.3 Å². The molecule has 55 heavy (non-hydrogen) atoms. The number of halogens is 2. The summed E-state index contributed by atoms with van der Waals surface area (Å²) in [5.41, 5.74) is 2.64. The Bertz CT molecular complexity index is 2690. The highest BCUT2D eigenvalue weighted by atomic mass is 35.5. The molecule has 1 amide bonds. The first-order chi connectivity index (χ1) is 26.2. The van der Waals surface area contributed by atoms with Crippen molar-refractivity contribution in [1.29, 1.82) is 5.26 Å². The van der Waals surface area contributed by atoms with Crippen LogP contribution in [0.25, 0.3) is 32.2 Å². The lowest BCUT2D eigenvalue weighted by Crippen LogP contribution is -2.76. The van der Waals surface area contributed by atoms with Crippen molar-refractivity contribution in [1.82, 2.24) is 29.1 Å². The largest absolute Gasteiger partial charge is 0.355 e. The summed E-state index contributed by atoms with van der Waals surface area (Å²) in [6.07, 6.45) is 8.59. The second-order valence-electron chi connectivity index (χ2n) is 15.0. The Morgan fingerprint density at radius 1 is 1.18 bits per heavy atom. The van der Waals surface area contributed by atoms with Crippen LogP contribution in [0.15, 0.2) is 46.8 Å². The molecule has 12 nitrogen and oxygen atoms in total. The minimum absolute atomic E-state index is 0.0154. The number of nitrogens with zero attached hydrogens (tertiary/aromatic N) is 7. The number of benzene rings is 1. The molecule has 3 aliphatic carbocycles. The van der Waals surface area contributed by atoms with Crippen molar-refractivity contribution < 1.29 is 17.6 Å². The zero-order chi connectivity index (χ0) is 38.9. The number of thiophene rings is 1. The lowest BCUT2D eigenvalue weighted by atomic mass is 9.39. The van der Waals surface area contributed by atoms with Crippen molar-refractivity contribution in [3.8, 4) is 29.0 Å². The van der Waals surface area contributed by atoms with Crippen LogP contribution in [-0.2, 0) is 16.6 Å². The number of anilines is 1. The van der Waals surface area contributed by atoms with Crippen molar-refractivity contribution >= 4 is 65.8 Å². The number of hydrogen-bond donors (Lipinski definition) is 1. The van der Waals surface area contributed by atoms with Gasteiger partial charge in [-0.2, -0.15) is 5.26 Å². The number of aromatic nitrogens is 4. The number of rotatable bonds is 8. The van der Waals surface area contributed by atoms with Crippen LogP contribution >= 0.6 is 22.9 Å². The molecule has 3 saturated carbocycles. The number of amides is 1. The highest BCUT2D eigenvalue weighted by Gasteiger charge is 2.70. The van der Waals surface area contributed by atoms with Crippen LogP contribution in [0.4, 0.5) is 10.2 Å². The van der Waals surface area contributed by atoms with Crippen LogP contribution < -0.4 is 15.2 Å². The Labute approximate surface area is 326 Å². The summed E-state index contributed by atoms with van der Waals surface area (Å²) in [5.74, 6) is 6.35. The van der Waals surface area contributed by atoms with Crippen molar-refractivity contribution in [3.05, 3.63) is 79.9 Å². The summed E-state index contributed by atoms with van der Waals surface area (Å²) in [4.78, 5) is 45.0. The Morgan fingerprint density at radius 3 is 2.62 bits per heavy atom. The van der Waals surface area contributed by atoms with E-state index in [0.717, 1.165) is 51.4 Å². The first kappa shape index (κ1) is 37.0. The van der Waals surface area contributed by atoms with E-state index in [2.05, 4.69) is 37.8 Å². The van der Waals surface area contributed by atoms with E-state index in [1.54, 1.807) is 42.8 Å². The number of nitrogens with one attached hydrogen (secondary N) is 1. The summed E-state index contributed by atoms with van der Waals surface area (Å²) >= 11 is 7.68. The predicted molar refractivity (Wildman–Crippen MR) is 210 cm³/mol. The number of pyridine rings is 2. The van der Waals surface area contributed by atoms with Crippen LogP contribution in [0.2, 0.25) is 5.02 Å². The summed E-state index contributed by atoms with van der Waals surface area (Å²) in [7, 11) is -1.86. The SMILES string of the molecule is Cc1nc2cnc(N(C)C3CCN(C45CC(CF)(C4)C5)CC3)c(C#N)c2c(=O)n1CC#Cc1ccc(Cl)cc1-c1ccnc2c(C(=O)NS(C)(=O)=O)csc12. The van der Waals surface area contributed by atoms with Crippen LogP contribution in [0, 0.1) is 35.5 Å². The lowest BCUT2D eigenvalue weighted by Gasteiger charge is -2.74. The summed E-state index contributed by atoms with van der Waals surface area (Å²) < 4.78 is 40.9. The number of fused-ring (bicyclic) bond motifs is 2. The molecule has 1 saturated heterocycles. The third-order valence-electron chi connectivity index (χ3n) is 11.4. The number of carbonyl (C=O) groups is 1. The molecule has 1 N–H and O–H groups in total. The van der Waals surface area contributed by atoms with Gasteiger partial charge in [0, 0.05) is 70.4 Å². The first-order valence-corrected chi connectivity index (χ1v) is 20.9. The molecular formula is C39H36ClFN8O4S2. The Hall–Kier alpha value is -4.93. The molecular weight excluding hydrogens is 763 g/mol. The quantitative estimate of drug-likeness (QED) is 0.201. The summed E-state index contributed by atoms with van der Waals surface area (Å²) in [5, 5.41) is 12.6. The van der Waals surface area contributed by atoms with Gasteiger partial charge in [-0.25, -0.2) is 23.1 Å². The van der Waals surface area contributed by atoms with Crippen LogP contribution in [-0.4, -0.2) is 83.4 Å². The van der Waals surface area contributed by atoms with E-state index in [1.165, 1.54) is 22.1 Å². The maximum absolute atomic E-state index is 14.1. The molecule has 5 aromatic rings. The first-order valence-electron chi connectivity index (χ1n) is 17.8. The number of aryl methyl sites for hydroxylation is 1. The molecule has 0 unspecified atom stereocenters. The topological polar surface area (TPSA) is 154 Å². The zero-order valence-corrected chi connectivity index (χ0v) is 32.7. The average Bonchev–Trinajstić information content (AvgIpc) is 3.56. The Morgan fingerprint density at radius 2 is 1.93 bits per heavy atom. The number of sulfonamides is 1. The van der Waals surface area contributed by atoms with E-state index in [-0.39, 0.29) is 46.7 Å². The Balaban J connectivity index is 1.07. The monoisotopic (exact) mass is 798 g/mol. The molecule has 4 fully saturated rings. The van der Waals surface area contributed by atoms with Gasteiger partial charge in [-0.3, -0.25) is 28.4 Å². The maximum atomic E-state index is 14.1. The molecule has 16 heteroatoms. The molecule has 9 rings (SSSR count). The minimum atomic E-state index is -3.78. The summed E-state index contributed by atoms with van der Waals surface area (Å²) in [6, 6.07) is 9.36. The zero-order valence-electron chi connectivity index (χ0n) is 30.3. The van der Waals surface area contributed by atoms with Gasteiger partial charge in [0.15, 0.2) is 0 Å². The minimum Gasteiger partial charge on any atom is -0.355 e. The molecule has 0 atom stereocenters. The van der Waals surface area contributed by atoms with E-state index in [4.69, 9.17) is 11.6 Å². The van der Waals surface area contributed by atoms with Crippen molar-refractivity contribution in [2.75, 3.05) is 38.0 Å². The van der Waals surface area contributed by atoms with E-state index in [9.17, 15) is 27.7 Å². The van der Waals surface area contributed by atoms with Gasteiger partial charge < -0.3 is 4.90 Å². The third-order valence-corrected chi connectivity index (χ3v) is 13.2. The molecule has 5 heterocycles. The number of alkyl halides is 1. The molecule has 2 bridgehead atoms. The van der Waals surface area contributed by atoms with Gasteiger partial charge in [0.2, 0.25) is 10.0 Å². The number of likely N-dealkylation sites (tertiary alicyclic amines) is 1. The van der Waals surface area contributed by atoms with Gasteiger partial charge in [-0.15, -0.1) is 11.3 Å². The highest BCUT2D eigenvalue weighted by molar-refractivity contribution is 7.89. The second-order valence-corrected chi connectivity index (χ2v) is 18.0. The molecule has 4 aliphatic rings. The number of nitriles is 1. The molecule has 4 aromatic heterocycles. The summed E-state index contributed by atoms with van der Waals surface area (Å²) in [6.45, 7) is 3.27. The fourth-order valence-electron chi connectivity index (χ4n) is 8.78. The van der Waals surface area contributed by atoms with Gasteiger partial charge >= 0.3 is 0 Å². The predicted octanol–water partition coefficient (Wildman–Crippen LogP) is 5.44. The fraction of sp³-hybridized carbons (Fsp3) is 0.385. The number of piperidine rings is 1. The van der Waals surface area contributed by atoms with Gasteiger partial charge in [-0.05, 0) is 63.3 Å². The van der Waals surface area contributed by atoms with Crippen molar-refractivity contribution in [3.63, 3.8) is 0 Å². The third kappa shape index (κ3) is 6.43. The highest BCUT2D eigenvalue weighted by Crippen LogP contribution is 2.70. The van der Waals surface area contributed by atoms with E-state index < -0.39 is 21.5 Å². The van der Waals surface area contributed by atoms with E-state index in [0.29, 0.717) is 49.1 Å². The number of hydrogen-bond acceptors (Lipinski definition) is 11. The van der Waals surface area contributed by atoms with Gasteiger partial charge in [0.05, 0.1) is 52.4 Å². The van der Waals surface area contributed by atoms with Crippen molar-refractivity contribution in [2.45, 2.75) is 57.2 Å². The maximum Gasteiger partial charge on any atom is 0.267 e. The molecule has 0 spiro atoms. The molecule has 282 valence electrons. The average molecular weight is 799 g/mol. The molecule has 1 aromatic carbocycles. The second kappa shape index (κ2) is 13.7. The standard InChI is InChI=1S/C39H36ClFN8O4S2/c1-23-45-31-17-44-35(47(2)26-9-13-48(14-10-26)39-19-38(20-39,21-39)22-41)29(16-42)32(31)37(51)49(23)12-4-5-24-6-7-25(40)15-28(24)27-8-11-43-33-30(18-54-34(27)33)36(50)46-55(3,52)53/h6-8,11,15,17-18,26H,9-10,12-14,19-22H2,1-3H3,(H,46,50). The molecule has 0 radical (unpaired) electrons. The van der Waals surface area contributed by atoms with E-state index >= 15 is 0 Å². The van der Waals surface area contributed by atoms with Crippen LogP contribution in [0.3, 0.4) is 0 Å². The van der Waals surface area contributed by atoms with Crippen LogP contribution in [0.1, 0.15) is 59.4 Å². The lowest BCUT2D eigenvalue weighted by molar-refractivity contribution is -0.230. The smallest absolute Gasteiger partial charge is 0.267 e. The van der Waals surface area contributed by atoms with Gasteiger partial charge in [0.25, 0.3) is 11.5 Å². The Kier molecular flexibility index (Phi) is 9.20. The van der Waals surface area contributed by atoms with Gasteiger partial charge in [-0.1, -0.05) is 23.4 Å². The van der Waals surface area contributed by atoms with Crippen molar-refractivity contribution in [2.24, 2.45) is 5.41 Å². The fourth-order valence-corrected chi connectivity index (χ4v) is 10.4. The van der Waals surface area contributed by atoms with Crippen LogP contribution in [0.5, 0.6) is 0 Å². The molecule has 1 aliphatic heterocycles. The normalized spacial score (nSPS) is 20.9. The van der Waals surface area contributed by atoms with E-state index in [1.807, 2.05) is 16.7 Å².